The maximum absolute atomic E-state index is 15.2. The van der Waals surface area contributed by atoms with Gasteiger partial charge in [0.15, 0.2) is 5.13 Å². The molecule has 4 aromatic rings. The van der Waals surface area contributed by atoms with Crippen LogP contribution < -0.4 is 9.64 Å². The molecule has 1 N–H and O–H groups in total. The van der Waals surface area contributed by atoms with Crippen molar-refractivity contribution in [2.45, 2.75) is 26.5 Å². The van der Waals surface area contributed by atoms with Crippen molar-refractivity contribution in [3.05, 3.63) is 130 Å². The number of nitrogens with zero attached hydrogens (tertiary/aromatic N) is 2. The van der Waals surface area contributed by atoms with Crippen LogP contribution >= 0.6 is 11.3 Å². The Morgan fingerprint density at radius 3 is 2.53 bits per heavy atom. The summed E-state index contributed by atoms with van der Waals surface area (Å²) < 4.78 is 26.2. The van der Waals surface area contributed by atoms with Gasteiger partial charge in [-0.2, -0.15) is 0 Å². The van der Waals surface area contributed by atoms with E-state index in [1.165, 1.54) is 24.3 Å². The number of rotatable bonds is 9. The highest BCUT2D eigenvalue weighted by molar-refractivity contribution is 7.17. The third kappa shape index (κ3) is 5.96. The van der Waals surface area contributed by atoms with Crippen LogP contribution in [0.4, 0.5) is 9.52 Å². The van der Waals surface area contributed by atoms with Gasteiger partial charge in [-0.3, -0.25) is 14.5 Å². The molecule has 3 aromatic carbocycles. The van der Waals surface area contributed by atoms with Gasteiger partial charge in [-0.1, -0.05) is 72.0 Å². The van der Waals surface area contributed by atoms with E-state index in [0.717, 1.165) is 27.4 Å². The Morgan fingerprint density at radius 1 is 1.09 bits per heavy atom. The van der Waals surface area contributed by atoms with Crippen molar-refractivity contribution in [1.29, 1.82) is 0 Å². The largest absolute Gasteiger partial charge is 0.507 e. The van der Waals surface area contributed by atoms with E-state index in [1.807, 2.05) is 31.2 Å². The number of carbonyl (C=O) groups is 3. The van der Waals surface area contributed by atoms with E-state index in [1.54, 1.807) is 37.3 Å². The molecule has 5 rings (SSSR count). The van der Waals surface area contributed by atoms with E-state index in [2.05, 4.69) is 11.6 Å². The molecule has 1 aliphatic heterocycles. The van der Waals surface area contributed by atoms with E-state index in [4.69, 9.17) is 9.47 Å². The van der Waals surface area contributed by atoms with Gasteiger partial charge in [-0.05, 0) is 49.7 Å². The van der Waals surface area contributed by atoms with Gasteiger partial charge < -0.3 is 14.6 Å². The minimum atomic E-state index is -1.35. The average molecular weight is 599 g/mol. The normalized spacial score (nSPS) is 15.9. The van der Waals surface area contributed by atoms with Crippen LogP contribution in [0.1, 0.15) is 43.7 Å². The van der Waals surface area contributed by atoms with Crippen molar-refractivity contribution in [1.82, 2.24) is 4.98 Å². The molecule has 0 radical (unpaired) electrons. The summed E-state index contributed by atoms with van der Waals surface area (Å²) in [7, 11) is 0. The lowest BCUT2D eigenvalue weighted by molar-refractivity contribution is -0.132. The number of thiazole rings is 1. The highest BCUT2D eigenvalue weighted by Gasteiger charge is 2.49. The Hall–Kier alpha value is -5.09. The molecule has 1 aromatic heterocycles. The van der Waals surface area contributed by atoms with Gasteiger partial charge in [0.2, 0.25) is 0 Å². The van der Waals surface area contributed by atoms with Crippen LogP contribution in [-0.4, -0.2) is 34.4 Å². The van der Waals surface area contributed by atoms with Crippen molar-refractivity contribution < 1.29 is 33.4 Å². The number of ketones is 1. The molecule has 1 amide bonds. The summed E-state index contributed by atoms with van der Waals surface area (Å²) >= 11 is 0.831. The van der Waals surface area contributed by atoms with Gasteiger partial charge in [0.25, 0.3) is 5.78 Å². The van der Waals surface area contributed by atoms with Crippen molar-refractivity contribution >= 4 is 39.9 Å². The number of aliphatic hydroxyl groups is 1. The fourth-order valence-corrected chi connectivity index (χ4v) is 5.72. The Bertz CT molecular complexity index is 1760. The number of aryl methyl sites for hydroxylation is 2. The SMILES string of the molecule is C=CCOC(=O)c1sc(N2C(=O)C(=O)C(=C(O)c3ccc(OCc4cccc(C)c4)cc3)C2c2ccccc2F)nc1C. The number of amides is 1. The first kappa shape index (κ1) is 29.4. The average Bonchev–Trinajstić information content (AvgIpc) is 3.51. The molecule has 1 unspecified atom stereocenters. The summed E-state index contributed by atoms with van der Waals surface area (Å²) in [6.45, 7) is 7.37. The van der Waals surface area contributed by atoms with Gasteiger partial charge >= 0.3 is 11.9 Å². The zero-order valence-corrected chi connectivity index (χ0v) is 24.2. The molecule has 1 saturated heterocycles. The number of aliphatic hydroxyl groups excluding tert-OH is 1. The summed E-state index contributed by atoms with van der Waals surface area (Å²) in [4.78, 5) is 44.9. The third-order valence-corrected chi connectivity index (χ3v) is 7.91. The first-order valence-corrected chi connectivity index (χ1v) is 14.1. The maximum atomic E-state index is 15.2. The second-order valence-electron chi connectivity index (χ2n) is 9.79. The number of hydrogen-bond donors (Lipinski definition) is 1. The lowest BCUT2D eigenvalue weighted by atomic mass is 9.95. The molecule has 8 nitrogen and oxygen atoms in total. The maximum Gasteiger partial charge on any atom is 0.350 e. The molecule has 0 spiro atoms. The lowest BCUT2D eigenvalue weighted by Crippen LogP contribution is -2.29. The van der Waals surface area contributed by atoms with Crippen molar-refractivity contribution in [2.75, 3.05) is 11.5 Å². The van der Waals surface area contributed by atoms with E-state index >= 15 is 4.39 Å². The van der Waals surface area contributed by atoms with E-state index in [0.29, 0.717) is 12.4 Å². The number of carbonyl (C=O) groups excluding carboxylic acids is 3. The number of aromatic nitrogens is 1. The van der Waals surface area contributed by atoms with Crippen LogP contribution in [0.15, 0.2) is 91.0 Å². The number of hydrogen-bond acceptors (Lipinski definition) is 8. The molecule has 0 bridgehead atoms. The number of halogens is 1. The number of Topliss-reactive ketones (excluding diaryl/α,β-unsaturated/α-hetero) is 1. The summed E-state index contributed by atoms with van der Waals surface area (Å²) in [6, 6.07) is 18.6. The Kier molecular flexibility index (Phi) is 8.49. The van der Waals surface area contributed by atoms with Crippen LogP contribution in [0.2, 0.25) is 0 Å². The molecule has 1 atom stereocenters. The molecular formula is C33H27FN2O6S. The standard InChI is InChI=1S/C33H27FN2O6S/c1-4-16-41-32(40)30-20(3)35-33(43-30)36-27(24-10-5-6-11-25(24)34)26(29(38)31(36)39)28(37)22-12-14-23(15-13-22)42-18-21-9-7-8-19(2)17-21/h4-15,17,27,37H,1,16,18H2,2-3H3. The summed E-state index contributed by atoms with van der Waals surface area (Å²) in [5.74, 6) is -3.37. The Morgan fingerprint density at radius 2 is 1.84 bits per heavy atom. The first-order chi connectivity index (χ1) is 20.7. The highest BCUT2D eigenvalue weighted by atomic mass is 32.1. The van der Waals surface area contributed by atoms with Crippen LogP contribution in [0.25, 0.3) is 5.76 Å². The van der Waals surface area contributed by atoms with Gasteiger partial charge in [-0.15, -0.1) is 0 Å². The number of benzene rings is 3. The van der Waals surface area contributed by atoms with Crippen molar-refractivity contribution in [2.24, 2.45) is 0 Å². The molecule has 0 aliphatic carbocycles. The minimum absolute atomic E-state index is 0.0163. The van der Waals surface area contributed by atoms with Crippen LogP contribution in [-0.2, 0) is 20.9 Å². The van der Waals surface area contributed by atoms with Crippen LogP contribution in [0.5, 0.6) is 5.75 Å². The number of anilines is 1. The smallest absolute Gasteiger partial charge is 0.350 e. The monoisotopic (exact) mass is 598 g/mol. The fourth-order valence-electron chi connectivity index (χ4n) is 4.73. The molecule has 43 heavy (non-hydrogen) atoms. The van der Waals surface area contributed by atoms with Gasteiger partial charge in [0.1, 0.15) is 41.5 Å². The molecule has 0 saturated carbocycles. The first-order valence-electron chi connectivity index (χ1n) is 13.3. The topological polar surface area (TPSA) is 106 Å². The fraction of sp³-hybridized carbons (Fsp3) is 0.152. The van der Waals surface area contributed by atoms with Gasteiger partial charge in [0.05, 0.1) is 11.3 Å². The predicted octanol–water partition coefficient (Wildman–Crippen LogP) is 6.45. The zero-order chi connectivity index (χ0) is 30.7. The molecule has 2 heterocycles. The second-order valence-corrected chi connectivity index (χ2v) is 10.8. The summed E-state index contributed by atoms with van der Waals surface area (Å²) in [5, 5.41) is 11.4. The molecular weight excluding hydrogens is 571 g/mol. The minimum Gasteiger partial charge on any atom is -0.507 e. The van der Waals surface area contributed by atoms with E-state index < -0.39 is 35.3 Å². The Balaban J connectivity index is 1.52. The molecule has 1 aliphatic rings. The summed E-state index contributed by atoms with van der Waals surface area (Å²) in [5.41, 5.74) is 2.26. The van der Waals surface area contributed by atoms with Gasteiger partial charge in [0, 0.05) is 11.1 Å². The zero-order valence-electron chi connectivity index (χ0n) is 23.4. The van der Waals surface area contributed by atoms with E-state index in [-0.39, 0.29) is 39.0 Å². The number of esters is 1. The quantitative estimate of drug-likeness (QED) is 0.0776. The summed E-state index contributed by atoms with van der Waals surface area (Å²) in [6.07, 6.45) is 1.41. The van der Waals surface area contributed by atoms with Crippen molar-refractivity contribution in [3.8, 4) is 5.75 Å². The number of ether oxygens (including phenoxy) is 2. The highest BCUT2D eigenvalue weighted by Crippen LogP contribution is 2.44. The lowest BCUT2D eigenvalue weighted by Gasteiger charge is -2.23. The predicted molar refractivity (Wildman–Crippen MR) is 160 cm³/mol. The van der Waals surface area contributed by atoms with Gasteiger partial charge in [-0.25, -0.2) is 14.2 Å². The molecule has 218 valence electrons. The second kappa shape index (κ2) is 12.4. The Labute approximate surface area is 251 Å². The van der Waals surface area contributed by atoms with Crippen LogP contribution in [0.3, 0.4) is 0 Å². The third-order valence-electron chi connectivity index (χ3n) is 6.77. The van der Waals surface area contributed by atoms with Crippen molar-refractivity contribution in [3.63, 3.8) is 0 Å². The van der Waals surface area contributed by atoms with E-state index in [9.17, 15) is 19.5 Å². The molecule has 10 heteroatoms. The van der Waals surface area contributed by atoms with Crippen LogP contribution in [0, 0.1) is 19.7 Å². The molecule has 1 fully saturated rings.